The van der Waals surface area contributed by atoms with Crippen LogP contribution in [0.15, 0.2) is 30.3 Å². The summed E-state index contributed by atoms with van der Waals surface area (Å²) >= 11 is 0. The van der Waals surface area contributed by atoms with Crippen LogP contribution in [0, 0.1) is 0 Å². The van der Waals surface area contributed by atoms with Crippen molar-refractivity contribution in [2.24, 2.45) is 0 Å². The molecule has 0 bridgehead atoms. The van der Waals surface area contributed by atoms with Crippen molar-refractivity contribution in [3.63, 3.8) is 0 Å². The van der Waals surface area contributed by atoms with Gasteiger partial charge in [0.2, 0.25) is 0 Å². The van der Waals surface area contributed by atoms with E-state index in [4.69, 9.17) is 4.84 Å². The molecule has 0 saturated carbocycles. The van der Waals surface area contributed by atoms with Crippen LogP contribution in [0.2, 0.25) is 0 Å². The van der Waals surface area contributed by atoms with Gasteiger partial charge >= 0.3 is 12.1 Å². The molecule has 0 spiro atoms. The quantitative estimate of drug-likeness (QED) is 0.821. The van der Waals surface area contributed by atoms with Crippen molar-refractivity contribution in [1.29, 1.82) is 0 Å². The number of hydrogen-bond donors (Lipinski definition) is 2. The highest BCUT2D eigenvalue weighted by Crippen LogP contribution is 2.06. The number of urea groups is 1. The number of amides is 4. The van der Waals surface area contributed by atoms with Gasteiger partial charge in [0, 0.05) is 18.7 Å². The SMILES string of the molecule is CCNC(=O)ON(C(=O)NCC)C(=O)c1ccccc1. The number of benzene rings is 1. The maximum atomic E-state index is 12.2. The van der Waals surface area contributed by atoms with Crippen LogP contribution in [0.3, 0.4) is 0 Å². The van der Waals surface area contributed by atoms with Gasteiger partial charge in [-0.3, -0.25) is 4.79 Å². The maximum absolute atomic E-state index is 12.2. The second-order valence-corrected chi connectivity index (χ2v) is 3.71. The molecule has 4 amide bonds. The summed E-state index contributed by atoms with van der Waals surface area (Å²) in [6.07, 6.45) is -0.872. The lowest BCUT2D eigenvalue weighted by Crippen LogP contribution is -2.46. The third-order valence-electron chi connectivity index (χ3n) is 2.21. The Bertz CT molecular complexity index is 476. The Morgan fingerprint density at radius 1 is 1.05 bits per heavy atom. The van der Waals surface area contributed by atoms with Crippen molar-refractivity contribution < 1.29 is 19.2 Å². The van der Waals surface area contributed by atoms with Gasteiger partial charge in [-0.2, -0.15) is 0 Å². The lowest BCUT2D eigenvalue weighted by Gasteiger charge is -2.19. The van der Waals surface area contributed by atoms with E-state index in [9.17, 15) is 14.4 Å². The minimum atomic E-state index is -0.872. The second-order valence-electron chi connectivity index (χ2n) is 3.71. The zero-order valence-electron chi connectivity index (χ0n) is 11.4. The fourth-order valence-corrected chi connectivity index (χ4v) is 1.36. The molecule has 7 heteroatoms. The Balaban J connectivity index is 2.89. The average molecular weight is 279 g/mol. The number of carbonyl (C=O) groups excluding carboxylic acids is 3. The first kappa shape index (κ1) is 15.5. The Hall–Kier alpha value is -2.57. The molecular formula is C13H17N3O4. The molecule has 0 unspecified atom stereocenters. The van der Waals surface area contributed by atoms with Crippen molar-refractivity contribution in [2.75, 3.05) is 13.1 Å². The molecule has 108 valence electrons. The maximum Gasteiger partial charge on any atom is 0.432 e. The molecule has 0 fully saturated rings. The van der Waals surface area contributed by atoms with Crippen molar-refractivity contribution >= 4 is 18.0 Å². The number of rotatable bonds is 3. The predicted octanol–water partition coefficient (Wildman–Crippen LogP) is 1.52. The molecule has 0 atom stereocenters. The van der Waals surface area contributed by atoms with Gasteiger partial charge in [-0.05, 0) is 26.0 Å². The van der Waals surface area contributed by atoms with E-state index in [0.717, 1.165) is 0 Å². The molecule has 0 saturated heterocycles. The molecule has 0 aliphatic rings. The van der Waals surface area contributed by atoms with Crippen LogP contribution in [-0.2, 0) is 4.84 Å². The smallest absolute Gasteiger partial charge is 0.335 e. The largest absolute Gasteiger partial charge is 0.432 e. The molecule has 1 aromatic rings. The molecule has 7 nitrogen and oxygen atoms in total. The average Bonchev–Trinajstić information content (AvgIpc) is 2.45. The molecule has 0 heterocycles. The van der Waals surface area contributed by atoms with Crippen molar-refractivity contribution in [3.8, 4) is 0 Å². The van der Waals surface area contributed by atoms with Crippen LogP contribution >= 0.6 is 0 Å². The third-order valence-corrected chi connectivity index (χ3v) is 2.21. The minimum Gasteiger partial charge on any atom is -0.335 e. The Morgan fingerprint density at radius 2 is 1.65 bits per heavy atom. The number of nitrogens with one attached hydrogen (secondary N) is 2. The summed E-state index contributed by atoms with van der Waals surface area (Å²) in [6.45, 7) is 4.00. The first-order valence-electron chi connectivity index (χ1n) is 6.23. The van der Waals surface area contributed by atoms with Crippen LogP contribution in [0.5, 0.6) is 0 Å². The number of hydroxylamine groups is 2. The van der Waals surface area contributed by atoms with Crippen molar-refractivity contribution in [1.82, 2.24) is 15.7 Å². The normalized spacial score (nSPS) is 9.50. The van der Waals surface area contributed by atoms with Gasteiger partial charge in [-0.1, -0.05) is 23.3 Å². The van der Waals surface area contributed by atoms with E-state index < -0.39 is 18.0 Å². The molecule has 0 aliphatic heterocycles. The Labute approximate surface area is 116 Å². The summed E-state index contributed by atoms with van der Waals surface area (Å²) in [5.74, 6) is -0.720. The first-order valence-corrected chi connectivity index (χ1v) is 6.23. The highest BCUT2D eigenvalue weighted by Gasteiger charge is 2.26. The molecule has 0 radical (unpaired) electrons. The lowest BCUT2D eigenvalue weighted by molar-refractivity contribution is -0.0373. The van der Waals surface area contributed by atoms with Gasteiger partial charge in [-0.25, -0.2) is 9.59 Å². The highest BCUT2D eigenvalue weighted by molar-refractivity contribution is 6.03. The highest BCUT2D eigenvalue weighted by atomic mass is 16.7. The van der Waals surface area contributed by atoms with Crippen molar-refractivity contribution in [2.45, 2.75) is 13.8 Å². The number of hydrogen-bond acceptors (Lipinski definition) is 4. The van der Waals surface area contributed by atoms with Gasteiger partial charge in [0.15, 0.2) is 0 Å². The zero-order valence-corrected chi connectivity index (χ0v) is 11.4. The summed E-state index contributed by atoms with van der Waals surface area (Å²) in [7, 11) is 0. The standard InChI is InChI=1S/C13H17N3O4/c1-3-14-12(18)16(20-13(19)15-4-2)11(17)10-8-6-5-7-9-10/h5-9H,3-4H2,1-2H3,(H,14,18)(H,15,19). The van der Waals surface area contributed by atoms with Gasteiger partial charge < -0.3 is 15.5 Å². The van der Waals surface area contributed by atoms with Crippen LogP contribution in [0.1, 0.15) is 24.2 Å². The van der Waals surface area contributed by atoms with Gasteiger partial charge in [0.05, 0.1) is 0 Å². The van der Waals surface area contributed by atoms with Crippen LogP contribution < -0.4 is 10.6 Å². The lowest BCUT2D eigenvalue weighted by atomic mass is 10.2. The molecule has 0 aromatic heterocycles. The summed E-state index contributed by atoms with van der Waals surface area (Å²) < 4.78 is 0. The number of carbonyl (C=O) groups is 3. The summed E-state index contributed by atoms with van der Waals surface area (Å²) in [5.41, 5.74) is 0.239. The van der Waals surface area contributed by atoms with Crippen LogP contribution in [-0.4, -0.2) is 36.2 Å². The molecule has 0 aliphatic carbocycles. The topological polar surface area (TPSA) is 87.7 Å². The molecule has 1 rings (SSSR count). The van der Waals surface area contributed by atoms with E-state index in [0.29, 0.717) is 18.2 Å². The zero-order chi connectivity index (χ0) is 15.0. The van der Waals surface area contributed by atoms with Crippen LogP contribution in [0.25, 0.3) is 0 Å². The van der Waals surface area contributed by atoms with E-state index in [-0.39, 0.29) is 5.56 Å². The number of nitrogens with zero attached hydrogens (tertiary/aromatic N) is 1. The van der Waals surface area contributed by atoms with E-state index in [1.807, 2.05) is 0 Å². The van der Waals surface area contributed by atoms with Crippen molar-refractivity contribution in [3.05, 3.63) is 35.9 Å². The summed E-state index contributed by atoms with van der Waals surface area (Å²) in [6, 6.07) is 7.28. The Kier molecular flexibility index (Phi) is 6.02. The fourth-order valence-electron chi connectivity index (χ4n) is 1.36. The van der Waals surface area contributed by atoms with E-state index in [2.05, 4.69) is 10.6 Å². The Morgan fingerprint density at radius 3 is 2.20 bits per heavy atom. The summed E-state index contributed by atoms with van der Waals surface area (Å²) in [4.78, 5) is 40.1. The molecular weight excluding hydrogens is 262 g/mol. The molecule has 20 heavy (non-hydrogen) atoms. The van der Waals surface area contributed by atoms with E-state index >= 15 is 0 Å². The first-order chi connectivity index (χ1) is 9.60. The van der Waals surface area contributed by atoms with E-state index in [1.54, 1.807) is 32.0 Å². The summed E-state index contributed by atoms with van der Waals surface area (Å²) in [5, 5.41) is 5.16. The van der Waals surface area contributed by atoms with E-state index in [1.165, 1.54) is 12.1 Å². The second kappa shape index (κ2) is 7.78. The monoisotopic (exact) mass is 279 g/mol. The molecule has 1 aromatic carbocycles. The third kappa shape index (κ3) is 4.27. The number of imide groups is 1. The molecule has 2 N–H and O–H groups in total. The fraction of sp³-hybridized carbons (Fsp3) is 0.308. The van der Waals surface area contributed by atoms with Gasteiger partial charge in [-0.15, -0.1) is 0 Å². The van der Waals surface area contributed by atoms with Gasteiger partial charge in [0.1, 0.15) is 0 Å². The minimum absolute atomic E-state index is 0.239. The predicted molar refractivity (Wildman–Crippen MR) is 71.8 cm³/mol. The van der Waals surface area contributed by atoms with Gasteiger partial charge in [0.25, 0.3) is 5.91 Å². The van der Waals surface area contributed by atoms with Crippen LogP contribution in [0.4, 0.5) is 9.59 Å².